The van der Waals surface area contributed by atoms with Gasteiger partial charge in [0.1, 0.15) is 5.82 Å². The molecular weight excluding hydrogens is 340 g/mol. The van der Waals surface area contributed by atoms with Crippen molar-refractivity contribution >= 4 is 34.7 Å². The van der Waals surface area contributed by atoms with Crippen molar-refractivity contribution in [1.82, 2.24) is 4.98 Å². The standard InChI is InChI=1S/C21H20N4O2/c1-14-5-3-6-16(11-14)21(27)25-20-10-9-19(13-22-20)24-18-8-4-7-17(12-18)23-15(2)26/h3-13,24H,1-2H3,(H,23,26)(H,22,25,27). The van der Waals surface area contributed by atoms with Gasteiger partial charge < -0.3 is 16.0 Å². The Bertz CT molecular complexity index is 968. The van der Waals surface area contributed by atoms with Crippen LogP contribution in [0.3, 0.4) is 0 Å². The van der Waals surface area contributed by atoms with Crippen LogP contribution in [0.15, 0.2) is 66.9 Å². The number of nitrogens with zero attached hydrogens (tertiary/aromatic N) is 1. The van der Waals surface area contributed by atoms with Crippen molar-refractivity contribution in [1.29, 1.82) is 0 Å². The zero-order valence-corrected chi connectivity index (χ0v) is 15.1. The third-order valence-electron chi connectivity index (χ3n) is 3.76. The number of hydrogen-bond acceptors (Lipinski definition) is 4. The maximum Gasteiger partial charge on any atom is 0.256 e. The van der Waals surface area contributed by atoms with Crippen LogP contribution in [0.2, 0.25) is 0 Å². The van der Waals surface area contributed by atoms with Gasteiger partial charge in [-0.25, -0.2) is 4.98 Å². The molecule has 0 saturated heterocycles. The van der Waals surface area contributed by atoms with Crippen molar-refractivity contribution in [2.24, 2.45) is 0 Å². The topological polar surface area (TPSA) is 83.1 Å². The van der Waals surface area contributed by atoms with Crippen LogP contribution >= 0.6 is 0 Å². The number of benzene rings is 2. The number of carbonyl (C=O) groups excluding carboxylic acids is 2. The van der Waals surface area contributed by atoms with Crippen LogP contribution in [0.5, 0.6) is 0 Å². The Morgan fingerprint density at radius 3 is 2.33 bits per heavy atom. The van der Waals surface area contributed by atoms with Gasteiger partial charge in [0.2, 0.25) is 5.91 Å². The maximum atomic E-state index is 12.3. The fourth-order valence-electron chi connectivity index (χ4n) is 2.56. The highest BCUT2D eigenvalue weighted by molar-refractivity contribution is 6.03. The maximum absolute atomic E-state index is 12.3. The number of nitrogens with one attached hydrogen (secondary N) is 3. The fourth-order valence-corrected chi connectivity index (χ4v) is 2.56. The number of aryl methyl sites for hydroxylation is 1. The molecule has 136 valence electrons. The minimum Gasteiger partial charge on any atom is -0.354 e. The van der Waals surface area contributed by atoms with Gasteiger partial charge in [-0.05, 0) is 49.4 Å². The summed E-state index contributed by atoms with van der Waals surface area (Å²) in [6.07, 6.45) is 1.64. The Morgan fingerprint density at radius 2 is 1.63 bits per heavy atom. The summed E-state index contributed by atoms with van der Waals surface area (Å²) in [5, 5.41) is 8.73. The summed E-state index contributed by atoms with van der Waals surface area (Å²) in [7, 11) is 0. The molecule has 0 aliphatic rings. The lowest BCUT2D eigenvalue weighted by Crippen LogP contribution is -2.13. The lowest BCUT2D eigenvalue weighted by atomic mass is 10.1. The summed E-state index contributed by atoms with van der Waals surface area (Å²) >= 11 is 0. The van der Waals surface area contributed by atoms with Crippen molar-refractivity contribution < 1.29 is 9.59 Å². The van der Waals surface area contributed by atoms with Gasteiger partial charge in [-0.2, -0.15) is 0 Å². The van der Waals surface area contributed by atoms with Crippen LogP contribution in [0.25, 0.3) is 0 Å². The monoisotopic (exact) mass is 360 g/mol. The molecule has 6 nitrogen and oxygen atoms in total. The van der Waals surface area contributed by atoms with Gasteiger partial charge in [-0.1, -0.05) is 23.8 Å². The van der Waals surface area contributed by atoms with Crippen LogP contribution in [0, 0.1) is 6.92 Å². The predicted octanol–water partition coefficient (Wildman–Crippen LogP) is 4.34. The van der Waals surface area contributed by atoms with Gasteiger partial charge in [0.05, 0.1) is 11.9 Å². The highest BCUT2D eigenvalue weighted by atomic mass is 16.2. The fraction of sp³-hybridized carbons (Fsp3) is 0.0952. The normalized spacial score (nSPS) is 10.1. The first-order valence-electron chi connectivity index (χ1n) is 8.48. The number of hydrogen-bond donors (Lipinski definition) is 3. The Kier molecular flexibility index (Phi) is 5.47. The molecule has 0 unspecified atom stereocenters. The van der Waals surface area contributed by atoms with E-state index in [0.29, 0.717) is 17.1 Å². The van der Waals surface area contributed by atoms with E-state index in [9.17, 15) is 9.59 Å². The van der Waals surface area contributed by atoms with Gasteiger partial charge in [-0.3, -0.25) is 9.59 Å². The van der Waals surface area contributed by atoms with Crippen LogP contribution in [0.4, 0.5) is 22.9 Å². The van der Waals surface area contributed by atoms with Gasteiger partial charge in [-0.15, -0.1) is 0 Å². The van der Waals surface area contributed by atoms with Crippen LogP contribution in [-0.2, 0) is 4.79 Å². The molecule has 0 bridgehead atoms. The quantitative estimate of drug-likeness (QED) is 0.632. The molecule has 3 N–H and O–H groups in total. The third kappa shape index (κ3) is 5.15. The first-order valence-corrected chi connectivity index (χ1v) is 8.48. The minimum atomic E-state index is -0.199. The molecule has 6 heteroatoms. The zero-order chi connectivity index (χ0) is 19.2. The zero-order valence-electron chi connectivity index (χ0n) is 15.1. The van der Waals surface area contributed by atoms with E-state index in [1.54, 1.807) is 18.3 Å². The number of carbonyl (C=O) groups is 2. The molecule has 1 aromatic heterocycles. The van der Waals surface area contributed by atoms with E-state index < -0.39 is 0 Å². The summed E-state index contributed by atoms with van der Waals surface area (Å²) in [4.78, 5) is 27.7. The molecule has 3 rings (SSSR count). The first-order chi connectivity index (χ1) is 13.0. The van der Waals surface area contributed by atoms with Crippen molar-refractivity contribution in [2.75, 3.05) is 16.0 Å². The second kappa shape index (κ2) is 8.14. The number of anilines is 4. The van der Waals surface area contributed by atoms with E-state index in [0.717, 1.165) is 16.9 Å². The largest absolute Gasteiger partial charge is 0.354 e. The third-order valence-corrected chi connectivity index (χ3v) is 3.76. The van der Waals surface area contributed by atoms with Gasteiger partial charge in [0.25, 0.3) is 5.91 Å². The minimum absolute atomic E-state index is 0.123. The summed E-state index contributed by atoms with van der Waals surface area (Å²) in [5.74, 6) is 0.150. The van der Waals surface area contributed by atoms with Crippen molar-refractivity contribution in [3.8, 4) is 0 Å². The van der Waals surface area contributed by atoms with Crippen LogP contribution in [0.1, 0.15) is 22.8 Å². The molecule has 0 radical (unpaired) electrons. The Hall–Kier alpha value is -3.67. The molecule has 1 heterocycles. The predicted molar refractivity (Wildman–Crippen MR) is 107 cm³/mol. The average molecular weight is 360 g/mol. The van der Waals surface area contributed by atoms with Crippen molar-refractivity contribution in [3.63, 3.8) is 0 Å². The van der Waals surface area contributed by atoms with E-state index in [1.807, 2.05) is 55.5 Å². The van der Waals surface area contributed by atoms with Gasteiger partial charge >= 0.3 is 0 Å². The average Bonchev–Trinajstić information content (AvgIpc) is 2.63. The molecular formula is C21H20N4O2. The molecule has 3 aromatic rings. The molecule has 0 spiro atoms. The lowest BCUT2D eigenvalue weighted by molar-refractivity contribution is -0.114. The van der Waals surface area contributed by atoms with Crippen LogP contribution in [-0.4, -0.2) is 16.8 Å². The molecule has 0 saturated carbocycles. The molecule has 0 atom stereocenters. The van der Waals surface area contributed by atoms with Crippen molar-refractivity contribution in [3.05, 3.63) is 78.0 Å². The lowest BCUT2D eigenvalue weighted by Gasteiger charge is -2.10. The van der Waals surface area contributed by atoms with E-state index in [2.05, 4.69) is 20.9 Å². The van der Waals surface area contributed by atoms with E-state index in [1.165, 1.54) is 6.92 Å². The molecule has 0 aliphatic heterocycles. The second-order valence-corrected chi connectivity index (χ2v) is 6.14. The van der Waals surface area contributed by atoms with Crippen LogP contribution < -0.4 is 16.0 Å². The molecule has 2 aromatic carbocycles. The second-order valence-electron chi connectivity index (χ2n) is 6.14. The highest BCUT2D eigenvalue weighted by Crippen LogP contribution is 2.20. The number of pyridine rings is 1. The van der Waals surface area contributed by atoms with Crippen molar-refractivity contribution in [2.45, 2.75) is 13.8 Å². The number of amides is 2. The number of aromatic nitrogens is 1. The van der Waals surface area contributed by atoms with Gasteiger partial charge in [0, 0.05) is 23.9 Å². The molecule has 0 aliphatic carbocycles. The Morgan fingerprint density at radius 1 is 0.852 bits per heavy atom. The molecule has 27 heavy (non-hydrogen) atoms. The van der Waals surface area contributed by atoms with E-state index in [-0.39, 0.29) is 11.8 Å². The summed E-state index contributed by atoms with van der Waals surface area (Å²) < 4.78 is 0. The van der Waals surface area contributed by atoms with E-state index in [4.69, 9.17) is 0 Å². The summed E-state index contributed by atoms with van der Waals surface area (Å²) in [6, 6.07) is 18.3. The highest BCUT2D eigenvalue weighted by Gasteiger charge is 2.07. The van der Waals surface area contributed by atoms with E-state index >= 15 is 0 Å². The molecule has 0 fully saturated rings. The Balaban J connectivity index is 1.65. The summed E-state index contributed by atoms with van der Waals surface area (Å²) in [5.41, 5.74) is 3.91. The summed E-state index contributed by atoms with van der Waals surface area (Å²) in [6.45, 7) is 3.41. The smallest absolute Gasteiger partial charge is 0.256 e. The molecule has 2 amide bonds. The first kappa shape index (κ1) is 18.1. The Labute approximate surface area is 157 Å². The number of rotatable bonds is 5. The SMILES string of the molecule is CC(=O)Nc1cccc(Nc2ccc(NC(=O)c3cccc(C)c3)nc2)c1. The van der Waals surface area contributed by atoms with Gasteiger partial charge in [0.15, 0.2) is 0 Å².